The van der Waals surface area contributed by atoms with Crippen LogP contribution < -0.4 is 4.90 Å². The number of carbonyl (C=O) groups excluding carboxylic acids is 1. The molecule has 2 atom stereocenters. The van der Waals surface area contributed by atoms with Crippen molar-refractivity contribution in [3.63, 3.8) is 0 Å². The summed E-state index contributed by atoms with van der Waals surface area (Å²) >= 11 is 0. The number of hydrogen-bond donors (Lipinski definition) is 0. The number of nitriles is 1. The van der Waals surface area contributed by atoms with Crippen molar-refractivity contribution < 1.29 is 44.7 Å². The second-order valence-corrected chi connectivity index (χ2v) is 10.9. The van der Waals surface area contributed by atoms with E-state index in [0.717, 1.165) is 30.5 Å². The average molecular weight is 715 g/mol. The monoisotopic (exact) mass is 714 g/mol. The second-order valence-electron chi connectivity index (χ2n) is 10.9. The van der Waals surface area contributed by atoms with E-state index >= 15 is 0 Å². The van der Waals surface area contributed by atoms with Gasteiger partial charge in [0.2, 0.25) is 0 Å². The molecule has 1 aromatic carbocycles. The zero-order valence-electron chi connectivity index (χ0n) is 22.8. The summed E-state index contributed by atoms with van der Waals surface area (Å²) in [6.07, 6.45) is 5.41. The Morgan fingerprint density at radius 1 is 1.26 bits per heavy atom. The largest absolute Gasteiger partial charge is 0.520 e. The molecular formula is C28H44F2N3OU-. The van der Waals surface area contributed by atoms with Crippen LogP contribution in [0.15, 0.2) is 18.2 Å². The van der Waals surface area contributed by atoms with E-state index in [0.29, 0.717) is 32.4 Å². The maximum Gasteiger partial charge on any atom is 0.250 e. The van der Waals surface area contributed by atoms with E-state index in [4.69, 9.17) is 5.26 Å². The summed E-state index contributed by atoms with van der Waals surface area (Å²) < 4.78 is 27.9. The van der Waals surface area contributed by atoms with Crippen molar-refractivity contribution in [3.05, 3.63) is 29.3 Å². The van der Waals surface area contributed by atoms with Gasteiger partial charge in [0, 0.05) is 62.7 Å². The van der Waals surface area contributed by atoms with E-state index in [1.165, 1.54) is 5.69 Å². The number of benzene rings is 1. The van der Waals surface area contributed by atoms with Crippen molar-refractivity contribution in [2.75, 3.05) is 31.6 Å². The van der Waals surface area contributed by atoms with Crippen LogP contribution in [0.4, 0.5) is 14.5 Å². The van der Waals surface area contributed by atoms with Crippen molar-refractivity contribution in [3.8, 4) is 6.07 Å². The van der Waals surface area contributed by atoms with E-state index in [2.05, 4.69) is 38.7 Å². The van der Waals surface area contributed by atoms with Gasteiger partial charge in [0.25, 0.3) is 5.92 Å². The maximum atomic E-state index is 14.0. The molecule has 0 saturated heterocycles. The van der Waals surface area contributed by atoms with Crippen molar-refractivity contribution in [1.29, 1.82) is 5.26 Å². The Bertz CT molecular complexity index is 804. The smallest absolute Gasteiger partial charge is 0.250 e. The quantitative estimate of drug-likeness (QED) is 0.205. The first-order chi connectivity index (χ1) is 15.9. The third kappa shape index (κ3) is 12.1. The predicted octanol–water partition coefficient (Wildman–Crippen LogP) is 6.97. The van der Waals surface area contributed by atoms with Crippen molar-refractivity contribution >= 4 is 12.1 Å². The first kappa shape index (κ1) is 33.9. The number of anilines is 1. The SMILES string of the molecule is CCCCC1CC(CN([C-]=O)CC(C)(C)C)CCC1(F)F.CCN(C)c1ccc(C#N)cc1C.[U]. The maximum absolute atomic E-state index is 14.0. The number of amides is 1. The Morgan fingerprint density at radius 3 is 2.40 bits per heavy atom. The first-order valence-corrected chi connectivity index (χ1v) is 12.6. The number of alkyl halides is 2. The number of unbranched alkanes of at least 4 members (excludes halogenated alkanes) is 1. The van der Waals surface area contributed by atoms with Gasteiger partial charge < -0.3 is 14.6 Å². The topological polar surface area (TPSA) is 47.3 Å². The molecule has 4 nitrogen and oxygen atoms in total. The van der Waals surface area contributed by atoms with Crippen LogP contribution in [0.3, 0.4) is 0 Å². The fourth-order valence-electron chi connectivity index (χ4n) is 4.58. The second kappa shape index (κ2) is 15.9. The standard InChI is InChI=1S/C17H30F2NO.C11H14N2.U/c1-5-6-7-15-10-14(8-9-17(15,18)19)11-20(13-21)12-16(2,3)4;1-4-13(3)11-6-5-10(8-12)7-9(11)2;/h14-15H,5-12H2,1-4H3;5-7H,4H2,1-3H3;/q-1;;. The van der Waals surface area contributed by atoms with Crippen LogP contribution in [0, 0.1) is 66.6 Å². The molecule has 0 heterocycles. The summed E-state index contributed by atoms with van der Waals surface area (Å²) in [5.41, 5.74) is 3.09. The zero-order valence-corrected chi connectivity index (χ0v) is 26.9. The van der Waals surface area contributed by atoms with E-state index in [1.54, 1.807) is 4.90 Å². The molecule has 0 N–H and O–H groups in total. The molecule has 0 bridgehead atoms. The van der Waals surface area contributed by atoms with Crippen LogP contribution in [0.1, 0.15) is 84.3 Å². The number of hydrogen-bond acceptors (Lipinski definition) is 3. The van der Waals surface area contributed by atoms with Gasteiger partial charge in [-0.3, -0.25) is 0 Å². The summed E-state index contributed by atoms with van der Waals surface area (Å²) in [4.78, 5) is 14.9. The fourth-order valence-corrected chi connectivity index (χ4v) is 4.58. The average Bonchev–Trinajstić information content (AvgIpc) is 2.77. The summed E-state index contributed by atoms with van der Waals surface area (Å²) in [5, 5.41) is 8.69. The molecule has 2 rings (SSSR count). The van der Waals surface area contributed by atoms with Gasteiger partial charge >= 0.3 is 0 Å². The minimum absolute atomic E-state index is 0. The molecular weight excluding hydrogens is 670 g/mol. The summed E-state index contributed by atoms with van der Waals surface area (Å²) in [7, 11) is 2.05. The Hall–Kier alpha value is -1.11. The normalized spacial score (nSPS) is 18.9. The Balaban J connectivity index is 0.000000711. The molecule has 0 radical (unpaired) electrons. The molecule has 35 heavy (non-hydrogen) atoms. The zero-order chi connectivity index (χ0) is 25.9. The molecule has 0 aliphatic heterocycles. The van der Waals surface area contributed by atoms with Crippen LogP contribution in [-0.4, -0.2) is 43.9 Å². The number of rotatable bonds is 9. The van der Waals surface area contributed by atoms with Gasteiger partial charge in [-0.05, 0) is 81.3 Å². The fraction of sp³-hybridized carbons (Fsp3) is 0.714. The summed E-state index contributed by atoms with van der Waals surface area (Å²) in [5.74, 6) is -2.85. The Kier molecular flexibility index (Phi) is 15.4. The minimum Gasteiger partial charge on any atom is -0.520 e. The molecule has 1 saturated carbocycles. The number of halogens is 2. The number of aryl methyl sites for hydroxylation is 1. The van der Waals surface area contributed by atoms with Gasteiger partial charge in [0.05, 0.1) is 11.6 Å². The molecule has 196 valence electrons. The van der Waals surface area contributed by atoms with Crippen LogP contribution in [0.25, 0.3) is 0 Å². The molecule has 1 fully saturated rings. The third-order valence-electron chi connectivity index (χ3n) is 6.49. The molecule has 0 spiro atoms. The molecule has 7 heteroatoms. The van der Waals surface area contributed by atoms with Gasteiger partial charge in [0.1, 0.15) is 0 Å². The van der Waals surface area contributed by atoms with Crippen LogP contribution in [0.2, 0.25) is 0 Å². The molecule has 1 aromatic rings. The van der Waals surface area contributed by atoms with E-state index in [1.807, 2.05) is 45.5 Å². The number of nitrogens with zero attached hydrogens (tertiary/aromatic N) is 3. The Labute approximate surface area is 236 Å². The van der Waals surface area contributed by atoms with Crippen molar-refractivity contribution in [1.82, 2.24) is 4.90 Å². The minimum atomic E-state index is -2.52. The summed E-state index contributed by atoms with van der Waals surface area (Å²) in [6, 6.07) is 7.90. The first-order valence-electron chi connectivity index (χ1n) is 12.6. The van der Waals surface area contributed by atoms with E-state index in [-0.39, 0.29) is 48.9 Å². The molecule has 1 aliphatic rings. The van der Waals surface area contributed by atoms with Gasteiger partial charge in [-0.25, -0.2) is 8.78 Å². The third-order valence-corrected chi connectivity index (χ3v) is 6.49. The molecule has 1 amide bonds. The summed E-state index contributed by atoms with van der Waals surface area (Å²) in [6.45, 7) is 14.5. The van der Waals surface area contributed by atoms with Crippen molar-refractivity contribution in [2.24, 2.45) is 17.3 Å². The molecule has 0 aromatic heterocycles. The van der Waals surface area contributed by atoms with Gasteiger partial charge in [0.15, 0.2) is 0 Å². The van der Waals surface area contributed by atoms with E-state index in [9.17, 15) is 13.6 Å². The van der Waals surface area contributed by atoms with Crippen molar-refractivity contribution in [2.45, 2.75) is 86.0 Å². The van der Waals surface area contributed by atoms with Gasteiger partial charge in [-0.15, -0.1) is 0 Å². The molecule has 1 aliphatic carbocycles. The Morgan fingerprint density at radius 2 is 1.91 bits per heavy atom. The van der Waals surface area contributed by atoms with E-state index < -0.39 is 11.8 Å². The predicted molar refractivity (Wildman–Crippen MR) is 137 cm³/mol. The van der Waals surface area contributed by atoms with Gasteiger partial charge in [-0.1, -0.05) is 40.5 Å². The van der Waals surface area contributed by atoms with Crippen LogP contribution in [-0.2, 0) is 4.79 Å². The van der Waals surface area contributed by atoms with Gasteiger partial charge in [-0.2, -0.15) is 11.7 Å². The molecule has 2 unspecified atom stereocenters. The van der Waals surface area contributed by atoms with Crippen LogP contribution >= 0.6 is 0 Å². The van der Waals surface area contributed by atoms with Crippen LogP contribution in [0.5, 0.6) is 0 Å².